The lowest BCUT2D eigenvalue weighted by Crippen LogP contribution is -2.20. The van der Waals surface area contributed by atoms with Gasteiger partial charge in [0, 0.05) is 29.6 Å². The van der Waals surface area contributed by atoms with Crippen LogP contribution in [-0.4, -0.2) is 38.6 Å². The average molecular weight is 536 g/mol. The first-order chi connectivity index (χ1) is 18.2. The van der Waals surface area contributed by atoms with Crippen LogP contribution in [0.5, 0.6) is 5.75 Å². The number of Topliss-reactive ketones (excluding diaryl/α,β-unsaturated/α-hetero) is 1. The van der Waals surface area contributed by atoms with Crippen LogP contribution in [-0.2, 0) is 17.9 Å². The number of aliphatic hydroxyl groups excluding tert-OH is 1. The van der Waals surface area contributed by atoms with Gasteiger partial charge in [0.2, 0.25) is 0 Å². The molecular formula is C29H34ClN5O3. The van der Waals surface area contributed by atoms with E-state index >= 15 is 0 Å². The molecule has 3 N–H and O–H groups in total. The zero-order valence-corrected chi connectivity index (χ0v) is 23.0. The molecule has 38 heavy (non-hydrogen) atoms. The maximum atomic E-state index is 12.8. The Balaban J connectivity index is 1.84. The lowest BCUT2D eigenvalue weighted by atomic mass is 10.00. The lowest BCUT2D eigenvalue weighted by Gasteiger charge is -2.22. The van der Waals surface area contributed by atoms with Crippen LogP contribution in [0.3, 0.4) is 0 Å². The van der Waals surface area contributed by atoms with E-state index in [0.29, 0.717) is 70.9 Å². The fourth-order valence-electron chi connectivity index (χ4n) is 4.62. The fraction of sp³-hybridized carbons (Fsp3) is 0.379. The number of ketones is 1. The quantitative estimate of drug-likeness (QED) is 0.339. The molecule has 1 aliphatic rings. The molecule has 2 aromatic heterocycles. The van der Waals surface area contributed by atoms with E-state index in [9.17, 15) is 9.90 Å². The summed E-state index contributed by atoms with van der Waals surface area (Å²) in [6.07, 6.45) is 3.25. The highest BCUT2D eigenvalue weighted by atomic mass is 35.5. The number of anilines is 1. The number of ether oxygens (including phenoxy) is 1. The van der Waals surface area contributed by atoms with Crippen molar-refractivity contribution in [2.24, 2.45) is 5.73 Å². The average Bonchev–Trinajstić information content (AvgIpc) is 3.33. The van der Waals surface area contributed by atoms with Gasteiger partial charge in [0.25, 0.3) is 0 Å². The van der Waals surface area contributed by atoms with Crippen molar-refractivity contribution >= 4 is 28.8 Å². The van der Waals surface area contributed by atoms with Gasteiger partial charge >= 0.3 is 0 Å². The Bertz CT molecular complexity index is 1350. The van der Waals surface area contributed by atoms with E-state index in [1.807, 2.05) is 26.8 Å². The Morgan fingerprint density at radius 3 is 2.71 bits per heavy atom. The van der Waals surface area contributed by atoms with Gasteiger partial charge in [-0.05, 0) is 56.5 Å². The molecule has 0 saturated heterocycles. The molecule has 1 aliphatic heterocycles. The Kier molecular flexibility index (Phi) is 8.64. The van der Waals surface area contributed by atoms with Gasteiger partial charge in [0.1, 0.15) is 18.2 Å². The Labute approximate surface area is 228 Å². The molecule has 0 radical (unpaired) electrons. The van der Waals surface area contributed by atoms with E-state index in [-0.39, 0.29) is 12.4 Å². The van der Waals surface area contributed by atoms with E-state index in [2.05, 4.69) is 16.0 Å². The number of carbonyl (C=O) groups is 1. The number of carbonyl (C=O) groups excluding carboxylic acids is 1. The summed E-state index contributed by atoms with van der Waals surface area (Å²) < 4.78 is 5.84. The van der Waals surface area contributed by atoms with Crippen LogP contribution in [0, 0.1) is 6.92 Å². The van der Waals surface area contributed by atoms with E-state index in [0.717, 1.165) is 23.2 Å². The molecule has 0 amide bonds. The molecule has 1 aromatic carbocycles. The summed E-state index contributed by atoms with van der Waals surface area (Å²) in [6, 6.07) is 9.21. The van der Waals surface area contributed by atoms with Crippen LogP contribution in [0.4, 0.5) is 5.82 Å². The molecule has 0 spiro atoms. The standard InChI is InChI=1S/C29H34ClN5O3/c1-5-8-20(37)16-38-21-10-11-23(30)22(13-21)28-33-27(26(18(4)36)24(31)6-2)17(3)29(34-28)35-14-19-9-7-12-32-25(19)15-35/h7,9-13,20,37H,5-6,8,14-16,31H2,1-4H3/t20-/m1/s1. The molecule has 9 heteroatoms. The van der Waals surface area contributed by atoms with Crippen molar-refractivity contribution in [3.63, 3.8) is 0 Å². The first-order valence-corrected chi connectivity index (χ1v) is 13.3. The van der Waals surface area contributed by atoms with Gasteiger partial charge in [0.05, 0.1) is 34.6 Å². The second kappa shape index (κ2) is 11.9. The molecule has 0 aliphatic carbocycles. The summed E-state index contributed by atoms with van der Waals surface area (Å²) in [7, 11) is 0. The van der Waals surface area contributed by atoms with Crippen LogP contribution in [0.25, 0.3) is 17.0 Å². The third-order valence-corrected chi connectivity index (χ3v) is 6.97. The number of fused-ring (bicyclic) bond motifs is 1. The number of aromatic nitrogens is 3. The van der Waals surface area contributed by atoms with Gasteiger partial charge in [0.15, 0.2) is 11.6 Å². The number of benzene rings is 1. The van der Waals surface area contributed by atoms with Gasteiger partial charge in [-0.1, -0.05) is 37.9 Å². The highest BCUT2D eigenvalue weighted by molar-refractivity contribution is 6.33. The second-order valence-corrected chi connectivity index (χ2v) is 9.92. The van der Waals surface area contributed by atoms with Crippen molar-refractivity contribution in [2.75, 3.05) is 11.5 Å². The topological polar surface area (TPSA) is 114 Å². The molecule has 8 nitrogen and oxygen atoms in total. The van der Waals surface area contributed by atoms with Crippen LogP contribution in [0.15, 0.2) is 42.2 Å². The minimum Gasteiger partial charge on any atom is -0.491 e. The maximum absolute atomic E-state index is 12.8. The molecule has 3 aromatic rings. The van der Waals surface area contributed by atoms with Crippen molar-refractivity contribution in [3.05, 3.63) is 69.8 Å². The number of aliphatic hydroxyl groups is 1. The van der Waals surface area contributed by atoms with Crippen LogP contribution in [0.1, 0.15) is 62.5 Å². The molecule has 0 bridgehead atoms. The van der Waals surface area contributed by atoms with Gasteiger partial charge in [-0.15, -0.1) is 0 Å². The number of rotatable bonds is 10. The van der Waals surface area contributed by atoms with Gasteiger partial charge in [-0.25, -0.2) is 9.97 Å². The number of hydrogen-bond donors (Lipinski definition) is 2. The summed E-state index contributed by atoms with van der Waals surface area (Å²) in [5, 5.41) is 10.5. The van der Waals surface area contributed by atoms with Crippen LogP contribution in [0.2, 0.25) is 5.02 Å². The zero-order valence-electron chi connectivity index (χ0n) is 22.3. The van der Waals surface area contributed by atoms with Crippen LogP contribution < -0.4 is 15.4 Å². The van der Waals surface area contributed by atoms with Crippen molar-refractivity contribution in [3.8, 4) is 17.1 Å². The fourth-order valence-corrected chi connectivity index (χ4v) is 4.82. The van der Waals surface area contributed by atoms with Crippen molar-refractivity contribution in [1.82, 2.24) is 15.0 Å². The minimum atomic E-state index is -0.557. The summed E-state index contributed by atoms with van der Waals surface area (Å²) in [4.78, 5) is 29.2. The summed E-state index contributed by atoms with van der Waals surface area (Å²) >= 11 is 6.64. The summed E-state index contributed by atoms with van der Waals surface area (Å²) in [6.45, 7) is 8.71. The number of hydrogen-bond acceptors (Lipinski definition) is 8. The number of nitrogens with zero attached hydrogens (tertiary/aromatic N) is 4. The van der Waals surface area contributed by atoms with Crippen molar-refractivity contribution in [1.29, 1.82) is 0 Å². The number of pyridine rings is 1. The predicted octanol–water partition coefficient (Wildman–Crippen LogP) is 5.23. The van der Waals surface area contributed by atoms with E-state index in [1.165, 1.54) is 6.92 Å². The van der Waals surface area contributed by atoms with Crippen molar-refractivity contribution in [2.45, 2.75) is 66.2 Å². The first kappa shape index (κ1) is 27.5. The number of allylic oxidation sites excluding steroid dienone is 2. The molecule has 0 unspecified atom stereocenters. The third kappa shape index (κ3) is 5.81. The van der Waals surface area contributed by atoms with E-state index in [1.54, 1.807) is 24.4 Å². The van der Waals surface area contributed by atoms with Gasteiger partial charge < -0.3 is 20.5 Å². The number of nitrogens with two attached hydrogens (primary N) is 1. The molecule has 4 rings (SSSR count). The van der Waals surface area contributed by atoms with E-state index < -0.39 is 6.10 Å². The minimum absolute atomic E-state index is 0.164. The molecule has 1 atom stereocenters. The Morgan fingerprint density at radius 2 is 2.03 bits per heavy atom. The largest absolute Gasteiger partial charge is 0.491 e. The molecule has 3 heterocycles. The normalized spacial score (nSPS) is 14.2. The molecular weight excluding hydrogens is 502 g/mol. The SMILES string of the molecule is CCC[C@@H](O)COc1ccc(Cl)c(-c2nc(C(C(C)=O)=C(N)CC)c(C)c(N3Cc4cccnc4C3)n2)c1. The highest BCUT2D eigenvalue weighted by Crippen LogP contribution is 2.36. The summed E-state index contributed by atoms with van der Waals surface area (Å²) in [5.41, 5.74) is 11.1. The van der Waals surface area contributed by atoms with Crippen molar-refractivity contribution < 1.29 is 14.6 Å². The Morgan fingerprint density at radius 1 is 1.24 bits per heavy atom. The monoisotopic (exact) mass is 535 g/mol. The highest BCUT2D eigenvalue weighted by Gasteiger charge is 2.27. The second-order valence-electron chi connectivity index (χ2n) is 9.51. The Hall–Kier alpha value is -3.49. The molecule has 200 valence electrons. The smallest absolute Gasteiger partial charge is 0.163 e. The van der Waals surface area contributed by atoms with Gasteiger partial charge in [-0.3, -0.25) is 9.78 Å². The third-order valence-electron chi connectivity index (χ3n) is 6.64. The van der Waals surface area contributed by atoms with Gasteiger partial charge in [-0.2, -0.15) is 0 Å². The zero-order chi connectivity index (χ0) is 27.4. The summed E-state index contributed by atoms with van der Waals surface area (Å²) in [5.74, 6) is 1.42. The molecule has 0 saturated carbocycles. The molecule has 0 fully saturated rings. The van der Waals surface area contributed by atoms with E-state index in [4.69, 9.17) is 32.0 Å². The number of halogens is 1. The maximum Gasteiger partial charge on any atom is 0.163 e. The van der Waals surface area contributed by atoms with Crippen LogP contribution >= 0.6 is 11.6 Å². The predicted molar refractivity (Wildman–Crippen MR) is 150 cm³/mol. The first-order valence-electron chi connectivity index (χ1n) is 12.9. The lowest BCUT2D eigenvalue weighted by molar-refractivity contribution is -0.111.